The third-order valence-corrected chi connectivity index (χ3v) is 8.54. The van der Waals surface area contributed by atoms with Crippen LogP contribution in [-0.2, 0) is 33.9 Å². The summed E-state index contributed by atoms with van der Waals surface area (Å²) in [6.07, 6.45) is 1.64. The van der Waals surface area contributed by atoms with Gasteiger partial charge in [-0.3, -0.25) is 9.97 Å². The van der Waals surface area contributed by atoms with Crippen LogP contribution in [0.15, 0.2) is 72.8 Å². The number of benzene rings is 4. The predicted molar refractivity (Wildman–Crippen MR) is 164 cm³/mol. The van der Waals surface area contributed by atoms with Crippen molar-refractivity contribution in [3.63, 3.8) is 0 Å². The molecule has 4 nitrogen and oxygen atoms in total. The van der Waals surface area contributed by atoms with E-state index < -0.39 is 0 Å². The monoisotopic (exact) mass is 711 g/mol. The number of pyridine rings is 2. The fourth-order valence-electron chi connectivity index (χ4n) is 6.54. The van der Waals surface area contributed by atoms with E-state index >= 15 is 0 Å². The van der Waals surface area contributed by atoms with Gasteiger partial charge in [0.1, 0.15) is 0 Å². The van der Waals surface area contributed by atoms with Gasteiger partial charge in [0.05, 0.1) is 22.7 Å². The molecule has 0 aliphatic carbocycles. The van der Waals surface area contributed by atoms with Crippen LogP contribution in [0.1, 0.15) is 33.9 Å². The molecule has 0 aliphatic rings. The zero-order valence-corrected chi connectivity index (χ0v) is 25.7. The Balaban J connectivity index is 0.00000276. The summed E-state index contributed by atoms with van der Waals surface area (Å²) in [5.41, 5.74) is 11.4. The van der Waals surface area contributed by atoms with Crippen LogP contribution in [0.3, 0.4) is 0 Å². The molecule has 0 N–H and O–H groups in total. The molecular weight excluding hydrogens is 684 g/mol. The topological polar surface area (TPSA) is 34.6 Å². The fraction of sp³-hybridized carbons (Fsp3) is 0.167. The molecule has 0 atom stereocenters. The maximum Gasteiger partial charge on any atom is 2.00 e. The Bertz CT molecular complexity index is 2160. The quantitative estimate of drug-likeness (QED) is 0.137. The molecule has 4 aromatic heterocycles. The smallest absolute Gasteiger partial charge is 0.337 e. The maximum absolute atomic E-state index is 5.21. The van der Waals surface area contributed by atoms with Crippen molar-refractivity contribution in [1.29, 1.82) is 0 Å². The van der Waals surface area contributed by atoms with Gasteiger partial charge in [0, 0.05) is 22.4 Å². The van der Waals surface area contributed by atoms with Crippen LogP contribution < -0.4 is 0 Å². The summed E-state index contributed by atoms with van der Waals surface area (Å²) in [6.45, 7) is 8.68. The molecule has 0 spiro atoms. The third-order valence-electron chi connectivity index (χ3n) is 8.54. The summed E-state index contributed by atoms with van der Waals surface area (Å²) < 4.78 is 4.63. The molecule has 4 heterocycles. The molecule has 4 aromatic carbocycles. The largest absolute Gasteiger partial charge is 2.00 e. The third kappa shape index (κ3) is 3.77. The number of rotatable bonds is 3. The van der Waals surface area contributed by atoms with Gasteiger partial charge < -0.3 is 8.80 Å². The van der Waals surface area contributed by atoms with Crippen LogP contribution in [0.5, 0.6) is 0 Å². The van der Waals surface area contributed by atoms with Crippen molar-refractivity contribution in [2.45, 2.75) is 40.5 Å². The van der Waals surface area contributed by atoms with Gasteiger partial charge in [-0.2, -0.15) is 0 Å². The van der Waals surface area contributed by atoms with Crippen molar-refractivity contribution < 1.29 is 21.1 Å². The first-order valence-electron chi connectivity index (χ1n) is 13.9. The van der Waals surface area contributed by atoms with Crippen LogP contribution in [0.25, 0.3) is 54.6 Å². The normalized spacial score (nSPS) is 11.9. The summed E-state index contributed by atoms with van der Waals surface area (Å²) in [5.74, 6) is 0. The summed E-state index contributed by atoms with van der Waals surface area (Å²) in [6, 6.07) is 32.8. The van der Waals surface area contributed by atoms with Crippen LogP contribution in [0, 0.1) is 39.8 Å². The van der Waals surface area contributed by atoms with E-state index in [9.17, 15) is 0 Å². The molecule has 202 valence electrons. The minimum Gasteiger partial charge on any atom is -0.337 e. The first-order valence-corrected chi connectivity index (χ1v) is 13.9. The van der Waals surface area contributed by atoms with Crippen molar-refractivity contribution in [2.24, 2.45) is 0 Å². The number of hydrogen-bond donors (Lipinski definition) is 0. The molecule has 41 heavy (non-hydrogen) atoms. The van der Waals surface area contributed by atoms with Gasteiger partial charge in [-0.1, -0.05) is 46.2 Å². The molecule has 8 rings (SSSR count). The fourth-order valence-corrected chi connectivity index (χ4v) is 6.54. The predicted octanol–water partition coefficient (Wildman–Crippen LogP) is 8.21. The molecule has 0 saturated heterocycles. The molecule has 5 heteroatoms. The van der Waals surface area contributed by atoms with Gasteiger partial charge in [-0.25, -0.2) is 0 Å². The van der Waals surface area contributed by atoms with Crippen LogP contribution >= 0.6 is 0 Å². The zero-order valence-electron chi connectivity index (χ0n) is 23.4. The minimum atomic E-state index is 0. The Kier molecular flexibility index (Phi) is 6.03. The Morgan fingerprint density at radius 3 is 1.46 bits per heavy atom. The first kappa shape index (κ1) is 25.9. The van der Waals surface area contributed by atoms with Crippen molar-refractivity contribution in [3.8, 4) is 0 Å². The van der Waals surface area contributed by atoms with Gasteiger partial charge in [0.25, 0.3) is 0 Å². The van der Waals surface area contributed by atoms with Crippen molar-refractivity contribution in [1.82, 2.24) is 18.8 Å². The second-order valence-corrected chi connectivity index (χ2v) is 11.1. The average molecular weight is 712 g/mol. The Morgan fingerprint density at radius 2 is 1.02 bits per heavy atom. The van der Waals surface area contributed by atoms with Crippen LogP contribution in [-0.4, -0.2) is 18.8 Å². The molecule has 8 aromatic rings. The number of hydrogen-bond acceptors (Lipinski definition) is 2. The average Bonchev–Trinajstić information content (AvgIpc) is 3.48. The molecule has 0 unspecified atom stereocenters. The molecule has 0 amide bonds. The van der Waals surface area contributed by atoms with Gasteiger partial charge in [-0.15, -0.1) is 59.3 Å². The molecule has 0 aliphatic heterocycles. The second kappa shape index (κ2) is 9.53. The molecule has 0 bridgehead atoms. The van der Waals surface area contributed by atoms with Gasteiger partial charge >= 0.3 is 21.1 Å². The van der Waals surface area contributed by atoms with E-state index in [-0.39, 0.29) is 21.1 Å². The van der Waals surface area contributed by atoms with E-state index in [4.69, 9.17) is 9.97 Å². The molecule has 0 saturated carbocycles. The standard InChI is InChI=1S/C36H28N4.Pt/c1-21-13-17-33-29(19-21)25-9-5-7-11-27(25)35-37-31(23(3)39(33)35)15-16-32-24(4)40-34-18-14-22(2)20-30(34)26-10-6-8-12-28(26)36(40)38-32;/h5-10,13-14,17-20H,15-16H2,1-4H3;/q-2;+2. The van der Waals surface area contributed by atoms with Crippen molar-refractivity contribution in [2.75, 3.05) is 0 Å². The number of aryl methyl sites for hydroxylation is 6. The number of fused-ring (bicyclic) bond motifs is 12. The Hall–Kier alpha value is -4.01. The van der Waals surface area contributed by atoms with Crippen LogP contribution in [0.4, 0.5) is 0 Å². The maximum atomic E-state index is 5.21. The number of nitrogens with zero attached hydrogens (tertiary/aromatic N) is 4. The van der Waals surface area contributed by atoms with E-state index in [1.807, 2.05) is 12.1 Å². The zero-order chi connectivity index (χ0) is 27.1. The number of imidazole rings is 2. The van der Waals surface area contributed by atoms with Gasteiger partial charge in [0.2, 0.25) is 0 Å². The summed E-state index contributed by atoms with van der Waals surface area (Å²) in [4.78, 5) is 10.4. The Morgan fingerprint density at radius 1 is 0.585 bits per heavy atom. The summed E-state index contributed by atoms with van der Waals surface area (Å²) in [5, 5.41) is 7.03. The van der Waals surface area contributed by atoms with E-state index in [1.165, 1.54) is 55.1 Å². The van der Waals surface area contributed by atoms with E-state index in [1.54, 1.807) is 0 Å². The van der Waals surface area contributed by atoms with Gasteiger partial charge in [-0.05, 0) is 63.4 Å². The molecular formula is C36H28N4Pt. The van der Waals surface area contributed by atoms with E-state index in [0.29, 0.717) is 0 Å². The SMILES string of the molecule is Cc1ccc2c(c1)c1ccc[c-]c1c1nc(CCc3nc4c5[c-]cccc5c5cc(C)ccc5n4c3C)c(C)n21.[Pt+2]. The summed E-state index contributed by atoms with van der Waals surface area (Å²) >= 11 is 0. The second-order valence-electron chi connectivity index (χ2n) is 11.1. The summed E-state index contributed by atoms with van der Waals surface area (Å²) in [7, 11) is 0. The van der Waals surface area contributed by atoms with Crippen LogP contribution in [0.2, 0.25) is 0 Å². The first-order chi connectivity index (χ1) is 19.5. The van der Waals surface area contributed by atoms with E-state index in [2.05, 4.69) is 109 Å². The number of aromatic nitrogens is 4. The molecule has 0 radical (unpaired) electrons. The van der Waals surface area contributed by atoms with Crippen molar-refractivity contribution >= 4 is 54.6 Å². The Labute approximate surface area is 252 Å². The van der Waals surface area contributed by atoms with Crippen molar-refractivity contribution in [3.05, 3.63) is 119 Å². The van der Waals surface area contributed by atoms with E-state index in [0.717, 1.165) is 46.3 Å². The van der Waals surface area contributed by atoms with Gasteiger partial charge in [0.15, 0.2) is 0 Å². The molecule has 0 fully saturated rings. The minimum absolute atomic E-state index is 0.